The first-order valence-corrected chi connectivity index (χ1v) is 21.3. The van der Waals surface area contributed by atoms with Crippen LogP contribution in [0.2, 0.25) is 0 Å². The predicted molar refractivity (Wildman–Crippen MR) is 222 cm³/mol. The fourth-order valence-corrected chi connectivity index (χ4v) is 7.37. The molecule has 0 unspecified atom stereocenters. The van der Waals surface area contributed by atoms with Gasteiger partial charge in [0.05, 0.1) is 32.5 Å². The normalized spacial score (nSPS) is 11.8. The Morgan fingerprint density at radius 1 is 0.377 bits per heavy atom. The fraction of sp³-hybridized carbons (Fsp3) is 0.455. The van der Waals surface area contributed by atoms with E-state index in [1.54, 1.807) is 48.5 Å². The molecule has 284 valence electrons. The first-order valence-electron chi connectivity index (χ1n) is 19.9. The zero-order valence-electron chi connectivity index (χ0n) is 32.5. The summed E-state index contributed by atoms with van der Waals surface area (Å²) in [5.74, 6) is 0. The molecule has 0 saturated carbocycles. The third-order valence-corrected chi connectivity index (χ3v) is 11.2. The minimum atomic E-state index is -3.72. The molecule has 4 rings (SSSR count). The Balaban J connectivity index is 1.34. The molecular formula is C44H60N6O2S. The van der Waals surface area contributed by atoms with E-state index in [0.29, 0.717) is 11.4 Å². The van der Waals surface area contributed by atoms with Gasteiger partial charge in [-0.3, -0.25) is 0 Å². The van der Waals surface area contributed by atoms with Crippen LogP contribution in [0.15, 0.2) is 127 Å². The van der Waals surface area contributed by atoms with Gasteiger partial charge in [-0.25, -0.2) is 8.42 Å². The second-order valence-corrected chi connectivity index (χ2v) is 15.7. The van der Waals surface area contributed by atoms with Gasteiger partial charge in [-0.1, -0.05) is 79.1 Å². The molecule has 0 heterocycles. The number of hydrogen-bond acceptors (Lipinski definition) is 8. The van der Waals surface area contributed by atoms with E-state index in [1.807, 2.05) is 24.3 Å². The summed E-state index contributed by atoms with van der Waals surface area (Å²) in [5.41, 5.74) is 5.09. The van der Waals surface area contributed by atoms with Gasteiger partial charge in [0.25, 0.3) is 0 Å². The molecule has 0 N–H and O–H groups in total. The number of anilines is 2. The van der Waals surface area contributed by atoms with Crippen LogP contribution in [0.1, 0.15) is 105 Å². The molecule has 8 nitrogen and oxygen atoms in total. The number of hydrogen-bond donors (Lipinski definition) is 0. The smallest absolute Gasteiger partial charge is 0.206 e. The van der Waals surface area contributed by atoms with E-state index in [0.717, 1.165) is 37.6 Å². The molecule has 0 aliphatic carbocycles. The lowest BCUT2D eigenvalue weighted by Gasteiger charge is -2.25. The van der Waals surface area contributed by atoms with Gasteiger partial charge in [0.15, 0.2) is 0 Å². The molecular weight excluding hydrogens is 677 g/mol. The van der Waals surface area contributed by atoms with Gasteiger partial charge >= 0.3 is 0 Å². The van der Waals surface area contributed by atoms with E-state index in [4.69, 9.17) is 0 Å². The van der Waals surface area contributed by atoms with Crippen LogP contribution in [0.5, 0.6) is 0 Å². The van der Waals surface area contributed by atoms with Gasteiger partial charge in [-0.05, 0) is 123 Å². The maximum absolute atomic E-state index is 13.4. The van der Waals surface area contributed by atoms with Crippen molar-refractivity contribution >= 4 is 44.0 Å². The molecule has 9 heteroatoms. The third-order valence-electron chi connectivity index (χ3n) is 9.41. The summed E-state index contributed by atoms with van der Waals surface area (Å²) in [6, 6.07) is 29.4. The second kappa shape index (κ2) is 22.6. The van der Waals surface area contributed by atoms with E-state index < -0.39 is 9.84 Å². The lowest BCUT2D eigenvalue weighted by atomic mass is 10.1. The van der Waals surface area contributed by atoms with Gasteiger partial charge in [0.1, 0.15) is 0 Å². The molecule has 0 aromatic heterocycles. The molecule has 0 amide bonds. The average Bonchev–Trinajstić information content (AvgIpc) is 3.19. The summed E-state index contributed by atoms with van der Waals surface area (Å²) in [6.45, 7) is 13.2. The first-order chi connectivity index (χ1) is 25.9. The number of benzene rings is 4. The van der Waals surface area contributed by atoms with Gasteiger partial charge in [0.2, 0.25) is 9.84 Å². The Kier molecular flexibility index (Phi) is 17.7. The van der Waals surface area contributed by atoms with Gasteiger partial charge < -0.3 is 9.80 Å². The zero-order chi connectivity index (χ0) is 37.7. The highest BCUT2D eigenvalue weighted by molar-refractivity contribution is 7.91. The van der Waals surface area contributed by atoms with Crippen LogP contribution >= 0.6 is 0 Å². The van der Waals surface area contributed by atoms with Crippen LogP contribution in [-0.2, 0) is 9.84 Å². The predicted octanol–water partition coefficient (Wildman–Crippen LogP) is 13.7. The Morgan fingerprint density at radius 2 is 0.660 bits per heavy atom. The molecule has 0 radical (unpaired) electrons. The quantitative estimate of drug-likeness (QED) is 0.0529. The van der Waals surface area contributed by atoms with Crippen molar-refractivity contribution in [3.63, 3.8) is 0 Å². The van der Waals surface area contributed by atoms with Crippen molar-refractivity contribution in [2.24, 2.45) is 20.5 Å². The van der Waals surface area contributed by atoms with Gasteiger partial charge in [-0.2, -0.15) is 20.5 Å². The molecule has 0 bridgehead atoms. The number of azo groups is 2. The molecule has 0 aliphatic rings. The Labute approximate surface area is 319 Å². The van der Waals surface area contributed by atoms with E-state index >= 15 is 0 Å². The van der Waals surface area contributed by atoms with Gasteiger partial charge in [-0.15, -0.1) is 0 Å². The average molecular weight is 737 g/mol. The maximum atomic E-state index is 13.4. The van der Waals surface area contributed by atoms with Crippen LogP contribution in [0, 0.1) is 0 Å². The van der Waals surface area contributed by atoms with Crippen LogP contribution in [-0.4, -0.2) is 34.6 Å². The minimum absolute atomic E-state index is 0.194. The summed E-state index contributed by atoms with van der Waals surface area (Å²) < 4.78 is 26.8. The zero-order valence-corrected chi connectivity index (χ0v) is 33.3. The van der Waals surface area contributed by atoms with Crippen molar-refractivity contribution in [2.45, 2.75) is 115 Å². The number of rotatable bonds is 24. The summed E-state index contributed by atoms with van der Waals surface area (Å²) in [4.78, 5) is 5.32. The van der Waals surface area contributed by atoms with E-state index in [1.165, 1.54) is 88.4 Å². The number of unbranched alkanes of at least 4 members (excludes halogenated alkanes) is 8. The molecule has 4 aromatic rings. The molecule has 0 spiro atoms. The van der Waals surface area contributed by atoms with Gasteiger partial charge in [0, 0.05) is 37.6 Å². The van der Waals surface area contributed by atoms with Crippen molar-refractivity contribution in [1.29, 1.82) is 0 Å². The van der Waals surface area contributed by atoms with Crippen molar-refractivity contribution in [3.05, 3.63) is 97.1 Å². The van der Waals surface area contributed by atoms with E-state index in [2.05, 4.69) is 82.2 Å². The monoisotopic (exact) mass is 736 g/mol. The van der Waals surface area contributed by atoms with Crippen molar-refractivity contribution in [2.75, 3.05) is 36.0 Å². The van der Waals surface area contributed by atoms with Crippen LogP contribution in [0.4, 0.5) is 34.1 Å². The van der Waals surface area contributed by atoms with Crippen molar-refractivity contribution in [3.8, 4) is 0 Å². The highest BCUT2D eigenvalue weighted by Gasteiger charge is 2.17. The maximum Gasteiger partial charge on any atom is 0.206 e. The summed E-state index contributed by atoms with van der Waals surface area (Å²) in [6.07, 6.45) is 14.7. The highest BCUT2D eigenvalue weighted by atomic mass is 32.2. The van der Waals surface area contributed by atoms with Crippen LogP contribution in [0.3, 0.4) is 0 Å². The summed E-state index contributed by atoms with van der Waals surface area (Å²) >= 11 is 0. The minimum Gasteiger partial charge on any atom is -0.372 e. The SMILES string of the molecule is CCCCCCN(CCCCCC)c1ccc(N=Nc2ccc(S(=O)(=O)c3ccc(N=Nc4ccc(N(CCCC)CCCC)cc4)cc3)cc2)cc1. The van der Waals surface area contributed by atoms with Crippen LogP contribution < -0.4 is 9.80 Å². The number of sulfone groups is 1. The Hall–Kier alpha value is -4.37. The third kappa shape index (κ3) is 13.5. The molecule has 0 fully saturated rings. The Bertz CT molecular complexity index is 1750. The lowest BCUT2D eigenvalue weighted by Crippen LogP contribution is -2.25. The fourth-order valence-electron chi connectivity index (χ4n) is 6.11. The molecule has 4 aromatic carbocycles. The molecule has 0 atom stereocenters. The van der Waals surface area contributed by atoms with Crippen molar-refractivity contribution in [1.82, 2.24) is 0 Å². The highest BCUT2D eigenvalue weighted by Crippen LogP contribution is 2.28. The topological polar surface area (TPSA) is 90.1 Å². The first kappa shape index (κ1) is 41.4. The summed E-state index contributed by atoms with van der Waals surface area (Å²) in [5, 5.41) is 17.5. The molecule has 0 aliphatic heterocycles. The van der Waals surface area contributed by atoms with Crippen molar-refractivity contribution < 1.29 is 8.42 Å². The molecule has 53 heavy (non-hydrogen) atoms. The largest absolute Gasteiger partial charge is 0.372 e. The lowest BCUT2D eigenvalue weighted by molar-refractivity contribution is 0.596. The summed E-state index contributed by atoms with van der Waals surface area (Å²) in [7, 11) is -3.72. The molecule has 0 saturated heterocycles. The standard InChI is InChI=1S/C44H60N6O2S/c1-5-9-13-15-35-50(36-16-14-10-6-2)42-27-19-38(20-28-42)46-48-40-23-31-44(32-24-40)53(51,52)43-29-21-39(22-30-43)47-45-37-17-25-41(26-18-37)49(33-11-7-3)34-12-8-4/h17-32H,5-16,33-36H2,1-4H3. The Morgan fingerprint density at radius 3 is 0.962 bits per heavy atom. The second-order valence-electron chi connectivity index (χ2n) is 13.7. The van der Waals surface area contributed by atoms with E-state index in [-0.39, 0.29) is 9.79 Å². The van der Waals surface area contributed by atoms with E-state index in [9.17, 15) is 8.42 Å². The van der Waals surface area contributed by atoms with Crippen LogP contribution in [0.25, 0.3) is 0 Å². The number of nitrogens with zero attached hydrogens (tertiary/aromatic N) is 6.